The highest BCUT2D eigenvalue weighted by atomic mass is 35.5. The van der Waals surface area contributed by atoms with Crippen LogP contribution in [0.4, 0.5) is 13.2 Å². The van der Waals surface area contributed by atoms with Crippen molar-refractivity contribution in [3.8, 4) is 11.5 Å². The molecule has 23 heavy (non-hydrogen) atoms. The van der Waals surface area contributed by atoms with Gasteiger partial charge in [-0.15, -0.1) is 25.6 Å². The first-order valence-corrected chi connectivity index (χ1v) is 6.62. The molecule has 0 aliphatic rings. The molecule has 8 heteroatoms. The lowest BCUT2D eigenvalue weighted by atomic mass is 9.99. The number of ether oxygens (including phenoxy) is 2. The molecule has 0 unspecified atom stereocenters. The van der Waals surface area contributed by atoms with E-state index in [2.05, 4.69) is 4.74 Å². The van der Waals surface area contributed by atoms with Gasteiger partial charge in [-0.25, -0.2) is 0 Å². The van der Waals surface area contributed by atoms with E-state index in [0.29, 0.717) is 16.3 Å². The fourth-order valence-electron chi connectivity index (χ4n) is 1.94. The van der Waals surface area contributed by atoms with Crippen molar-refractivity contribution in [1.82, 2.24) is 0 Å². The van der Waals surface area contributed by atoms with Gasteiger partial charge in [-0.1, -0.05) is 29.8 Å². The summed E-state index contributed by atoms with van der Waals surface area (Å²) in [5.41, 5.74) is 7.47. The van der Waals surface area contributed by atoms with Crippen molar-refractivity contribution in [3.05, 3.63) is 58.6 Å². The second-order valence-corrected chi connectivity index (χ2v) is 4.90. The van der Waals surface area contributed by atoms with Crippen molar-refractivity contribution in [2.75, 3.05) is 7.11 Å². The maximum Gasteiger partial charge on any atom is 0.573 e. The van der Waals surface area contributed by atoms with Crippen LogP contribution in [0, 0.1) is 0 Å². The van der Waals surface area contributed by atoms with Gasteiger partial charge in [-0.2, -0.15) is 0 Å². The summed E-state index contributed by atoms with van der Waals surface area (Å²) in [6.45, 7) is 0. The fourth-order valence-corrected chi connectivity index (χ4v) is 2.13. The van der Waals surface area contributed by atoms with Crippen LogP contribution < -0.4 is 15.2 Å². The largest absolute Gasteiger partial charge is 0.573 e. The van der Waals surface area contributed by atoms with Gasteiger partial charge in [0.2, 0.25) is 0 Å². The first-order chi connectivity index (χ1) is 10.3. The topological polar surface area (TPSA) is 44.5 Å². The number of hydrogen-bond acceptors (Lipinski definition) is 3. The van der Waals surface area contributed by atoms with Crippen LogP contribution in [0.2, 0.25) is 5.02 Å². The summed E-state index contributed by atoms with van der Waals surface area (Å²) in [4.78, 5) is 0. The Kier molecular flexibility index (Phi) is 6.56. The zero-order valence-corrected chi connectivity index (χ0v) is 13.5. The SMILES string of the molecule is COc1cc([C@H](N)c2ccc(OC(F)(F)F)cc2)ccc1Cl.Cl. The van der Waals surface area contributed by atoms with Crippen molar-refractivity contribution in [2.45, 2.75) is 12.4 Å². The molecule has 0 aromatic heterocycles. The quantitative estimate of drug-likeness (QED) is 0.850. The number of methoxy groups -OCH3 is 1. The lowest BCUT2D eigenvalue weighted by molar-refractivity contribution is -0.274. The molecule has 126 valence electrons. The van der Waals surface area contributed by atoms with Crippen LogP contribution in [-0.2, 0) is 0 Å². The molecule has 0 spiro atoms. The monoisotopic (exact) mass is 367 g/mol. The Labute approximate surface area is 142 Å². The second kappa shape index (κ2) is 7.77. The van der Waals surface area contributed by atoms with Crippen LogP contribution in [0.15, 0.2) is 42.5 Å². The third-order valence-corrected chi connectivity index (χ3v) is 3.32. The van der Waals surface area contributed by atoms with Gasteiger partial charge in [0, 0.05) is 0 Å². The first-order valence-electron chi connectivity index (χ1n) is 6.25. The van der Waals surface area contributed by atoms with Crippen molar-refractivity contribution in [1.29, 1.82) is 0 Å². The average Bonchev–Trinajstić information content (AvgIpc) is 2.46. The first kappa shape index (κ1) is 19.4. The van der Waals surface area contributed by atoms with Gasteiger partial charge < -0.3 is 15.2 Å². The minimum Gasteiger partial charge on any atom is -0.495 e. The third-order valence-electron chi connectivity index (χ3n) is 3.01. The van der Waals surface area contributed by atoms with E-state index in [1.807, 2.05) is 0 Å². The van der Waals surface area contributed by atoms with Gasteiger partial charge in [0.25, 0.3) is 0 Å². The fraction of sp³-hybridized carbons (Fsp3) is 0.200. The maximum atomic E-state index is 12.1. The van der Waals surface area contributed by atoms with E-state index < -0.39 is 12.4 Å². The Morgan fingerprint density at radius 3 is 2.13 bits per heavy atom. The molecule has 2 aromatic carbocycles. The van der Waals surface area contributed by atoms with Crippen LogP contribution in [0.3, 0.4) is 0 Å². The van der Waals surface area contributed by atoms with E-state index in [-0.39, 0.29) is 18.2 Å². The molecular formula is C15H14Cl2F3NO2. The predicted octanol–water partition coefficient (Wildman–Crippen LogP) is 4.72. The number of hydrogen-bond donors (Lipinski definition) is 1. The highest BCUT2D eigenvalue weighted by Gasteiger charge is 2.31. The predicted molar refractivity (Wildman–Crippen MR) is 84.4 cm³/mol. The molecule has 0 saturated heterocycles. The van der Waals surface area contributed by atoms with E-state index in [1.54, 1.807) is 18.2 Å². The number of rotatable bonds is 4. The molecule has 0 aliphatic carbocycles. The van der Waals surface area contributed by atoms with Crippen LogP contribution in [0.1, 0.15) is 17.2 Å². The molecule has 3 nitrogen and oxygen atoms in total. The van der Waals surface area contributed by atoms with Crippen molar-refractivity contribution < 1.29 is 22.6 Å². The zero-order valence-electron chi connectivity index (χ0n) is 11.9. The average molecular weight is 368 g/mol. The van der Waals surface area contributed by atoms with Crippen molar-refractivity contribution >= 4 is 24.0 Å². The number of alkyl halides is 3. The lowest BCUT2D eigenvalue weighted by Gasteiger charge is -2.15. The molecule has 2 N–H and O–H groups in total. The van der Waals surface area contributed by atoms with E-state index >= 15 is 0 Å². The van der Waals surface area contributed by atoms with E-state index in [4.69, 9.17) is 22.1 Å². The Bertz CT molecular complexity index is 648. The van der Waals surface area contributed by atoms with Gasteiger partial charge in [-0.3, -0.25) is 0 Å². The van der Waals surface area contributed by atoms with Gasteiger partial charge in [0.05, 0.1) is 18.2 Å². The Morgan fingerprint density at radius 2 is 1.61 bits per heavy atom. The highest BCUT2D eigenvalue weighted by Crippen LogP contribution is 2.30. The Hall–Kier alpha value is -1.63. The van der Waals surface area contributed by atoms with Gasteiger partial charge in [0.1, 0.15) is 11.5 Å². The molecule has 2 aromatic rings. The summed E-state index contributed by atoms with van der Waals surface area (Å²) < 4.78 is 45.3. The molecule has 0 radical (unpaired) electrons. The summed E-state index contributed by atoms with van der Waals surface area (Å²) in [5.74, 6) is 0.184. The molecular weight excluding hydrogens is 354 g/mol. The summed E-state index contributed by atoms with van der Waals surface area (Å²) in [6.07, 6.45) is -4.72. The molecule has 0 amide bonds. The van der Waals surface area contributed by atoms with E-state index in [1.165, 1.54) is 31.4 Å². The van der Waals surface area contributed by atoms with Gasteiger partial charge >= 0.3 is 6.36 Å². The summed E-state index contributed by atoms with van der Waals surface area (Å²) >= 11 is 5.94. The normalized spacial score (nSPS) is 12.3. The van der Waals surface area contributed by atoms with E-state index in [0.717, 1.165) is 5.56 Å². The molecule has 0 aliphatic heterocycles. The number of benzene rings is 2. The van der Waals surface area contributed by atoms with E-state index in [9.17, 15) is 13.2 Å². The smallest absolute Gasteiger partial charge is 0.495 e. The standard InChI is InChI=1S/C15H13ClF3NO2.ClH/c1-21-13-8-10(4-7-12(13)16)14(20)9-2-5-11(6-3-9)22-15(17,18)19;/h2-8,14H,20H2,1H3;1H/t14-;/m1./s1. The molecule has 0 bridgehead atoms. The van der Waals surface area contributed by atoms with Crippen LogP contribution >= 0.6 is 24.0 Å². The molecule has 2 rings (SSSR count). The summed E-state index contributed by atoms with van der Waals surface area (Å²) in [6, 6.07) is 9.94. The molecule has 0 saturated carbocycles. The van der Waals surface area contributed by atoms with Crippen molar-refractivity contribution in [2.24, 2.45) is 5.73 Å². The van der Waals surface area contributed by atoms with Crippen LogP contribution in [0.25, 0.3) is 0 Å². The minimum absolute atomic E-state index is 0. The highest BCUT2D eigenvalue weighted by molar-refractivity contribution is 6.32. The lowest BCUT2D eigenvalue weighted by Crippen LogP contribution is -2.17. The molecule has 1 atom stereocenters. The Balaban J connectivity index is 0.00000264. The zero-order chi connectivity index (χ0) is 16.3. The second-order valence-electron chi connectivity index (χ2n) is 4.49. The van der Waals surface area contributed by atoms with Gasteiger partial charge in [-0.05, 0) is 35.4 Å². The third kappa shape index (κ3) is 5.20. The minimum atomic E-state index is -4.72. The van der Waals surface area contributed by atoms with Crippen LogP contribution in [-0.4, -0.2) is 13.5 Å². The van der Waals surface area contributed by atoms with Gasteiger partial charge in [0.15, 0.2) is 0 Å². The van der Waals surface area contributed by atoms with Crippen LogP contribution in [0.5, 0.6) is 11.5 Å². The Morgan fingerprint density at radius 1 is 1.04 bits per heavy atom. The maximum absolute atomic E-state index is 12.1. The summed E-state index contributed by atoms with van der Waals surface area (Å²) in [5, 5.41) is 0.451. The molecule has 0 heterocycles. The molecule has 0 fully saturated rings. The number of nitrogens with two attached hydrogens (primary N) is 1. The van der Waals surface area contributed by atoms with Crippen molar-refractivity contribution in [3.63, 3.8) is 0 Å². The summed E-state index contributed by atoms with van der Waals surface area (Å²) in [7, 11) is 1.49. The number of halogens is 5.